The van der Waals surface area contributed by atoms with Crippen LogP contribution in [0.5, 0.6) is 0 Å². The van der Waals surface area contributed by atoms with Crippen LogP contribution >= 0.6 is 0 Å². The minimum absolute atomic E-state index is 0.168. The summed E-state index contributed by atoms with van der Waals surface area (Å²) in [6, 6.07) is 28.3. The van der Waals surface area contributed by atoms with Crippen LogP contribution in [0.3, 0.4) is 0 Å². The first kappa shape index (κ1) is 26.4. The minimum atomic E-state index is -0.272. The number of nitrogens with zero attached hydrogens (tertiary/aromatic N) is 2. The molecule has 4 aromatic carbocycles. The molecule has 0 aromatic heterocycles. The van der Waals surface area contributed by atoms with Gasteiger partial charge in [-0.1, -0.05) is 102 Å². The first-order chi connectivity index (χ1) is 18.7. The fraction of sp³-hybridized carbons (Fsp3) is 0.257. The molecule has 0 fully saturated rings. The lowest BCUT2D eigenvalue weighted by molar-refractivity contribution is 0.0926. The molecule has 0 atom stereocenters. The molecule has 0 saturated carbocycles. The standard InChI is InChI=1S/C33H30N2O2.C2H6/c1-20(2)22-13-10-12-21(3)30(22)35-31(36)23-14-11-19-28(29(23)32(35)37)34-26-17-8-6-15-24(26)33(4,5)25-16-7-9-18-27(25)34;1-2/h6-20H,1-5H3;1-2H3. The lowest BCUT2D eigenvalue weighted by Crippen LogP contribution is -2.32. The molecule has 0 aliphatic carbocycles. The molecular weight excluding hydrogens is 480 g/mol. The van der Waals surface area contributed by atoms with Crippen LogP contribution in [0.4, 0.5) is 22.7 Å². The molecule has 4 nitrogen and oxygen atoms in total. The average molecular weight is 517 g/mol. The third-order valence-electron chi connectivity index (χ3n) is 7.88. The maximum absolute atomic E-state index is 14.2. The van der Waals surface area contributed by atoms with Crippen LogP contribution in [-0.4, -0.2) is 11.8 Å². The highest BCUT2D eigenvalue weighted by Gasteiger charge is 2.43. The first-order valence-corrected chi connectivity index (χ1v) is 13.8. The molecule has 0 N–H and O–H groups in total. The molecule has 2 aliphatic rings. The van der Waals surface area contributed by atoms with Crippen molar-refractivity contribution in [1.82, 2.24) is 0 Å². The van der Waals surface area contributed by atoms with Crippen molar-refractivity contribution in [3.8, 4) is 0 Å². The van der Waals surface area contributed by atoms with Crippen LogP contribution in [0, 0.1) is 6.92 Å². The van der Waals surface area contributed by atoms with E-state index in [4.69, 9.17) is 0 Å². The van der Waals surface area contributed by atoms with Crippen LogP contribution in [0.2, 0.25) is 0 Å². The van der Waals surface area contributed by atoms with E-state index in [0.29, 0.717) is 16.8 Å². The van der Waals surface area contributed by atoms with Crippen molar-refractivity contribution in [2.24, 2.45) is 0 Å². The molecule has 4 heteroatoms. The number of para-hydroxylation sites is 3. The molecule has 0 unspecified atom stereocenters. The second-order valence-corrected chi connectivity index (χ2v) is 10.8. The predicted octanol–water partition coefficient (Wildman–Crippen LogP) is 9.05. The topological polar surface area (TPSA) is 40.6 Å². The highest BCUT2D eigenvalue weighted by molar-refractivity contribution is 6.36. The molecule has 4 aromatic rings. The fourth-order valence-corrected chi connectivity index (χ4v) is 6.04. The van der Waals surface area contributed by atoms with Gasteiger partial charge in [-0.2, -0.15) is 0 Å². The number of amides is 2. The summed E-state index contributed by atoms with van der Waals surface area (Å²) >= 11 is 0. The van der Waals surface area contributed by atoms with Crippen LogP contribution in [-0.2, 0) is 5.41 Å². The lowest BCUT2D eigenvalue weighted by atomic mass is 9.73. The molecule has 6 rings (SSSR count). The summed E-state index contributed by atoms with van der Waals surface area (Å²) in [5, 5.41) is 0. The summed E-state index contributed by atoms with van der Waals surface area (Å²) in [4.78, 5) is 31.6. The molecule has 2 aliphatic heterocycles. The van der Waals surface area contributed by atoms with Gasteiger partial charge in [0.25, 0.3) is 11.8 Å². The van der Waals surface area contributed by atoms with Gasteiger partial charge in [-0.15, -0.1) is 0 Å². The van der Waals surface area contributed by atoms with E-state index in [2.05, 4.69) is 69.0 Å². The quantitative estimate of drug-likeness (QED) is 0.255. The third kappa shape index (κ3) is 3.89. The van der Waals surface area contributed by atoms with Crippen LogP contribution in [0.1, 0.15) is 90.4 Å². The summed E-state index contributed by atoms with van der Waals surface area (Å²) in [6.45, 7) is 14.6. The van der Waals surface area contributed by atoms with Gasteiger partial charge in [0.05, 0.1) is 33.9 Å². The minimum Gasteiger partial charge on any atom is -0.309 e. The number of anilines is 4. The van der Waals surface area contributed by atoms with Gasteiger partial charge in [0, 0.05) is 5.41 Å². The number of aryl methyl sites for hydroxylation is 1. The lowest BCUT2D eigenvalue weighted by Gasteiger charge is -2.42. The summed E-state index contributed by atoms with van der Waals surface area (Å²) in [5.74, 6) is -0.370. The summed E-state index contributed by atoms with van der Waals surface area (Å²) in [7, 11) is 0. The van der Waals surface area contributed by atoms with Crippen molar-refractivity contribution < 1.29 is 9.59 Å². The highest BCUT2D eigenvalue weighted by atomic mass is 16.2. The average Bonchev–Trinajstić information content (AvgIpc) is 3.20. The molecule has 0 radical (unpaired) electrons. The van der Waals surface area contributed by atoms with Crippen molar-refractivity contribution in [3.63, 3.8) is 0 Å². The Morgan fingerprint density at radius 2 is 1.18 bits per heavy atom. The number of hydrogen-bond acceptors (Lipinski definition) is 3. The molecular formula is C35H36N2O2. The number of imide groups is 1. The van der Waals surface area contributed by atoms with E-state index in [1.54, 1.807) is 6.07 Å². The second-order valence-electron chi connectivity index (χ2n) is 10.8. The number of carbonyl (C=O) groups is 2. The second kappa shape index (κ2) is 9.85. The van der Waals surface area contributed by atoms with Gasteiger partial charge >= 0.3 is 0 Å². The van der Waals surface area contributed by atoms with Crippen molar-refractivity contribution in [1.29, 1.82) is 0 Å². The highest BCUT2D eigenvalue weighted by Crippen LogP contribution is 2.53. The smallest absolute Gasteiger partial charge is 0.268 e. The maximum atomic E-state index is 14.2. The van der Waals surface area contributed by atoms with Crippen molar-refractivity contribution in [2.45, 2.75) is 59.8 Å². The Hall–Kier alpha value is -4.18. The van der Waals surface area contributed by atoms with E-state index in [-0.39, 0.29) is 23.1 Å². The number of carbonyl (C=O) groups excluding carboxylic acids is 2. The van der Waals surface area contributed by atoms with Crippen molar-refractivity contribution >= 4 is 34.6 Å². The molecule has 0 spiro atoms. The number of hydrogen-bond donors (Lipinski definition) is 0. The zero-order valence-electron chi connectivity index (χ0n) is 23.9. The van der Waals surface area contributed by atoms with E-state index in [9.17, 15) is 9.59 Å². The summed E-state index contributed by atoms with van der Waals surface area (Å²) < 4.78 is 0. The number of rotatable bonds is 3. The summed E-state index contributed by atoms with van der Waals surface area (Å²) in [5.41, 5.74) is 8.44. The molecule has 2 heterocycles. The van der Waals surface area contributed by atoms with Gasteiger partial charge in [-0.25, -0.2) is 4.90 Å². The van der Waals surface area contributed by atoms with Gasteiger partial charge in [-0.05, 0) is 59.4 Å². The van der Waals surface area contributed by atoms with Crippen molar-refractivity contribution in [2.75, 3.05) is 9.80 Å². The van der Waals surface area contributed by atoms with E-state index in [1.807, 2.05) is 63.2 Å². The Labute approximate surface area is 231 Å². The Morgan fingerprint density at radius 3 is 1.77 bits per heavy atom. The molecule has 198 valence electrons. The van der Waals surface area contributed by atoms with Gasteiger partial charge in [0.1, 0.15) is 0 Å². The largest absolute Gasteiger partial charge is 0.309 e. The zero-order valence-corrected chi connectivity index (χ0v) is 23.9. The van der Waals surface area contributed by atoms with Crippen LogP contribution < -0.4 is 9.80 Å². The molecule has 2 amide bonds. The molecule has 0 saturated heterocycles. The number of benzene rings is 4. The Balaban J connectivity index is 0.00000151. The molecule has 0 bridgehead atoms. The Bertz CT molecular complexity index is 1550. The Kier molecular flexibility index (Phi) is 6.67. The fourth-order valence-electron chi connectivity index (χ4n) is 6.04. The van der Waals surface area contributed by atoms with Crippen molar-refractivity contribution in [3.05, 3.63) is 118 Å². The summed E-state index contributed by atoms with van der Waals surface area (Å²) in [6.07, 6.45) is 0. The number of fused-ring (bicyclic) bond motifs is 3. The van der Waals surface area contributed by atoms with Gasteiger partial charge < -0.3 is 4.90 Å². The van der Waals surface area contributed by atoms with E-state index < -0.39 is 0 Å². The van der Waals surface area contributed by atoms with Gasteiger partial charge in [-0.3, -0.25) is 9.59 Å². The predicted molar refractivity (Wildman–Crippen MR) is 161 cm³/mol. The normalized spacial score (nSPS) is 15.0. The van der Waals surface area contributed by atoms with Gasteiger partial charge in [0.15, 0.2) is 0 Å². The van der Waals surface area contributed by atoms with E-state index in [0.717, 1.165) is 28.2 Å². The van der Waals surface area contributed by atoms with Gasteiger partial charge in [0.2, 0.25) is 0 Å². The Morgan fingerprint density at radius 1 is 0.641 bits per heavy atom. The monoisotopic (exact) mass is 516 g/mol. The SMILES string of the molecule is CC.Cc1cccc(C(C)C)c1N1C(=O)c2cccc(N3c4ccccc4C(C)(C)c4ccccc43)c2C1=O. The zero-order chi connectivity index (χ0) is 28.1. The third-order valence-corrected chi connectivity index (χ3v) is 7.88. The van der Waals surface area contributed by atoms with E-state index in [1.165, 1.54) is 16.0 Å². The van der Waals surface area contributed by atoms with Crippen LogP contribution in [0.25, 0.3) is 0 Å². The van der Waals surface area contributed by atoms with E-state index >= 15 is 0 Å². The van der Waals surface area contributed by atoms with Crippen LogP contribution in [0.15, 0.2) is 84.9 Å². The maximum Gasteiger partial charge on any atom is 0.268 e. The first-order valence-electron chi connectivity index (χ1n) is 13.8. The molecule has 39 heavy (non-hydrogen) atoms.